The predicted octanol–water partition coefficient (Wildman–Crippen LogP) is 3.53. The highest BCUT2D eigenvalue weighted by molar-refractivity contribution is 8.13. The monoisotopic (exact) mass is 349 g/mol. The normalized spacial score (nSPS) is 15.3. The Hall–Kier alpha value is -0.780. The van der Waals surface area contributed by atoms with Gasteiger partial charge in [-0.2, -0.15) is 0 Å². The number of carbonyl (C=O) groups excluding carboxylic acids is 1. The van der Waals surface area contributed by atoms with Gasteiger partial charge >= 0.3 is 0 Å². The number of hydrogen-bond donors (Lipinski definition) is 0. The van der Waals surface area contributed by atoms with Crippen LogP contribution in [0.3, 0.4) is 0 Å². The molecule has 0 atom stereocenters. The molecule has 0 saturated heterocycles. The van der Waals surface area contributed by atoms with Crippen molar-refractivity contribution in [3.8, 4) is 0 Å². The molecule has 1 amide bonds. The van der Waals surface area contributed by atoms with Crippen LogP contribution in [-0.2, 0) is 9.05 Å². The first kappa shape index (κ1) is 16.6. The fourth-order valence-corrected chi connectivity index (χ4v) is 3.54. The van der Waals surface area contributed by atoms with Crippen molar-refractivity contribution in [1.29, 1.82) is 0 Å². The summed E-state index contributed by atoms with van der Waals surface area (Å²) in [5, 5.41) is 0.100. The Kier molecular flexibility index (Phi) is 4.85. The lowest BCUT2D eigenvalue weighted by Gasteiger charge is -2.27. The molecule has 0 heterocycles. The zero-order chi connectivity index (χ0) is 15.8. The Morgan fingerprint density at radius 3 is 2.48 bits per heavy atom. The van der Waals surface area contributed by atoms with Crippen LogP contribution < -0.4 is 0 Å². The molecule has 1 aromatic rings. The Labute approximate surface area is 134 Å². The van der Waals surface area contributed by atoms with E-state index in [9.17, 15) is 13.2 Å². The van der Waals surface area contributed by atoms with E-state index in [-0.39, 0.29) is 27.4 Å². The molecule has 0 aromatic heterocycles. The maximum absolute atomic E-state index is 12.8. The summed E-state index contributed by atoms with van der Waals surface area (Å²) in [5.41, 5.74) is -0.0384. The van der Waals surface area contributed by atoms with Crippen LogP contribution in [0.1, 0.15) is 37.0 Å². The standard InChI is InChI=1S/C14H17Cl2NO3S/c1-9(2)17(8-10-6-7-10)14(18)13-11(15)4-3-5-12(13)21(16,19)20/h3-5,9-10H,6-8H2,1-2H3. The van der Waals surface area contributed by atoms with Crippen molar-refractivity contribution in [2.75, 3.05) is 6.54 Å². The van der Waals surface area contributed by atoms with Crippen molar-refractivity contribution < 1.29 is 13.2 Å². The zero-order valence-corrected chi connectivity index (χ0v) is 14.2. The molecule has 0 spiro atoms. The van der Waals surface area contributed by atoms with Crippen LogP contribution in [0.4, 0.5) is 0 Å². The Balaban J connectivity index is 2.46. The van der Waals surface area contributed by atoms with Gasteiger partial charge in [0.2, 0.25) is 0 Å². The van der Waals surface area contributed by atoms with Crippen molar-refractivity contribution in [3.05, 3.63) is 28.8 Å². The second kappa shape index (κ2) is 6.15. The van der Waals surface area contributed by atoms with Gasteiger partial charge in [0.05, 0.1) is 15.5 Å². The van der Waals surface area contributed by atoms with E-state index >= 15 is 0 Å². The van der Waals surface area contributed by atoms with E-state index in [0.29, 0.717) is 12.5 Å². The third-order valence-electron chi connectivity index (χ3n) is 3.49. The van der Waals surface area contributed by atoms with Crippen molar-refractivity contribution >= 4 is 37.2 Å². The molecule has 21 heavy (non-hydrogen) atoms. The zero-order valence-electron chi connectivity index (χ0n) is 11.8. The summed E-state index contributed by atoms with van der Waals surface area (Å²) in [7, 11) is 1.39. The molecular weight excluding hydrogens is 333 g/mol. The molecule has 1 aromatic carbocycles. The van der Waals surface area contributed by atoms with Crippen LogP contribution in [0.25, 0.3) is 0 Å². The smallest absolute Gasteiger partial charge is 0.262 e. The molecule has 4 nitrogen and oxygen atoms in total. The fraction of sp³-hybridized carbons (Fsp3) is 0.500. The van der Waals surface area contributed by atoms with Crippen LogP contribution in [0, 0.1) is 5.92 Å². The number of nitrogens with zero attached hydrogens (tertiary/aromatic N) is 1. The third-order valence-corrected chi connectivity index (χ3v) is 5.17. The van der Waals surface area contributed by atoms with Crippen LogP contribution in [-0.4, -0.2) is 31.8 Å². The van der Waals surface area contributed by atoms with Crippen molar-refractivity contribution in [3.63, 3.8) is 0 Å². The molecule has 7 heteroatoms. The Morgan fingerprint density at radius 1 is 1.38 bits per heavy atom. The highest BCUT2D eigenvalue weighted by Gasteiger charge is 2.32. The molecule has 0 N–H and O–H groups in total. The van der Waals surface area contributed by atoms with E-state index in [0.717, 1.165) is 12.8 Å². The molecular formula is C14H17Cl2NO3S. The third kappa shape index (κ3) is 3.90. The average molecular weight is 350 g/mol. The van der Waals surface area contributed by atoms with Crippen LogP contribution in [0.2, 0.25) is 5.02 Å². The van der Waals surface area contributed by atoms with Gasteiger partial charge in [-0.05, 0) is 44.7 Å². The summed E-state index contributed by atoms with van der Waals surface area (Å²) in [5.74, 6) is 0.108. The highest BCUT2D eigenvalue weighted by atomic mass is 35.7. The first-order valence-electron chi connectivity index (χ1n) is 6.76. The van der Waals surface area contributed by atoms with Crippen LogP contribution in [0.15, 0.2) is 23.1 Å². The summed E-state index contributed by atoms with van der Waals surface area (Å²) < 4.78 is 23.3. The number of benzene rings is 1. The van der Waals surface area contributed by atoms with E-state index in [1.54, 1.807) is 4.90 Å². The Bertz CT molecular complexity index is 654. The van der Waals surface area contributed by atoms with Gasteiger partial charge < -0.3 is 4.90 Å². The number of amides is 1. The van der Waals surface area contributed by atoms with Gasteiger partial charge in [0.25, 0.3) is 15.0 Å². The molecule has 1 saturated carbocycles. The average Bonchev–Trinajstić information content (AvgIpc) is 3.17. The summed E-state index contributed by atoms with van der Waals surface area (Å²) in [6.45, 7) is 4.40. The maximum Gasteiger partial charge on any atom is 0.262 e. The summed E-state index contributed by atoms with van der Waals surface area (Å²) >= 11 is 6.06. The topological polar surface area (TPSA) is 54.5 Å². The number of carbonyl (C=O) groups is 1. The van der Waals surface area contributed by atoms with Gasteiger partial charge in [-0.3, -0.25) is 4.79 Å². The molecule has 1 aliphatic rings. The van der Waals surface area contributed by atoms with Gasteiger partial charge in [0, 0.05) is 23.3 Å². The van der Waals surface area contributed by atoms with Gasteiger partial charge in [-0.25, -0.2) is 8.42 Å². The van der Waals surface area contributed by atoms with Gasteiger partial charge in [-0.1, -0.05) is 17.7 Å². The van der Waals surface area contributed by atoms with E-state index in [1.807, 2.05) is 13.8 Å². The van der Waals surface area contributed by atoms with Gasteiger partial charge in [0.1, 0.15) is 0 Å². The quantitative estimate of drug-likeness (QED) is 0.764. The summed E-state index contributed by atoms with van der Waals surface area (Å²) in [6, 6.07) is 4.22. The van der Waals surface area contributed by atoms with Crippen molar-refractivity contribution in [1.82, 2.24) is 4.90 Å². The lowest BCUT2D eigenvalue weighted by molar-refractivity contribution is 0.0692. The van der Waals surface area contributed by atoms with E-state index in [1.165, 1.54) is 18.2 Å². The molecule has 116 valence electrons. The van der Waals surface area contributed by atoms with Crippen LogP contribution in [0.5, 0.6) is 0 Å². The molecule has 0 radical (unpaired) electrons. The SMILES string of the molecule is CC(C)N(CC1CC1)C(=O)c1c(Cl)cccc1S(=O)(=O)Cl. The van der Waals surface area contributed by atoms with E-state index in [4.69, 9.17) is 22.3 Å². The second-order valence-corrected chi connectivity index (χ2v) is 8.49. The minimum Gasteiger partial charge on any atom is -0.336 e. The minimum atomic E-state index is -4.03. The molecule has 0 unspecified atom stereocenters. The van der Waals surface area contributed by atoms with Crippen LogP contribution >= 0.6 is 22.3 Å². The molecule has 2 rings (SSSR count). The fourth-order valence-electron chi connectivity index (χ4n) is 2.17. The maximum atomic E-state index is 12.8. The van der Waals surface area contributed by atoms with E-state index < -0.39 is 9.05 Å². The van der Waals surface area contributed by atoms with Gasteiger partial charge in [-0.15, -0.1) is 0 Å². The lowest BCUT2D eigenvalue weighted by atomic mass is 10.1. The van der Waals surface area contributed by atoms with Crippen molar-refractivity contribution in [2.45, 2.75) is 37.6 Å². The second-order valence-electron chi connectivity index (χ2n) is 5.55. The molecule has 0 aliphatic heterocycles. The lowest BCUT2D eigenvalue weighted by Crippen LogP contribution is -2.39. The summed E-state index contributed by atoms with van der Waals surface area (Å²) in [6.07, 6.45) is 2.19. The first-order valence-corrected chi connectivity index (χ1v) is 9.44. The minimum absolute atomic E-state index is 0.0384. The number of halogens is 2. The van der Waals surface area contributed by atoms with E-state index in [2.05, 4.69) is 0 Å². The highest BCUT2D eigenvalue weighted by Crippen LogP contribution is 2.33. The predicted molar refractivity (Wildman–Crippen MR) is 83.4 cm³/mol. The molecule has 1 fully saturated rings. The summed E-state index contributed by atoms with van der Waals surface area (Å²) in [4.78, 5) is 14.2. The number of rotatable bonds is 5. The Morgan fingerprint density at radius 2 is 2.00 bits per heavy atom. The van der Waals surface area contributed by atoms with Crippen molar-refractivity contribution in [2.24, 2.45) is 5.92 Å². The number of hydrogen-bond acceptors (Lipinski definition) is 3. The largest absolute Gasteiger partial charge is 0.336 e. The molecule has 0 bridgehead atoms. The van der Waals surface area contributed by atoms with Gasteiger partial charge in [0.15, 0.2) is 0 Å². The molecule has 1 aliphatic carbocycles. The first-order chi connectivity index (χ1) is 9.71.